The maximum Gasteiger partial charge on any atom is 0.145 e. The first-order valence-electron chi connectivity index (χ1n) is 12.4. The predicted octanol–water partition coefficient (Wildman–Crippen LogP) is 4.96. The standard InChI is InChI=1S/C26H30Cl2N4O5/c1-33-23-15-21(19(27)14-20(23)28)31-26-25-22(29-16-30-26)12-18(36-11-6-32-4-9-35-10-5-32)13-24(25)37-17-2-7-34-8-3-17/h12-17H,2-11H2,1H3,(H,29,30,31). The number of anilines is 2. The lowest BCUT2D eigenvalue weighted by molar-refractivity contribution is 0.0260. The van der Waals surface area contributed by atoms with E-state index in [1.807, 2.05) is 12.1 Å². The molecule has 0 amide bonds. The Morgan fingerprint density at radius 2 is 1.76 bits per heavy atom. The van der Waals surface area contributed by atoms with Crippen LogP contribution >= 0.6 is 23.2 Å². The topological polar surface area (TPSA) is 87.2 Å². The number of nitrogens with one attached hydrogen (secondary N) is 1. The number of rotatable bonds is 9. The fourth-order valence-corrected chi connectivity index (χ4v) is 4.91. The summed E-state index contributed by atoms with van der Waals surface area (Å²) in [6.07, 6.45) is 3.13. The number of halogens is 2. The third kappa shape index (κ3) is 6.48. The van der Waals surface area contributed by atoms with E-state index >= 15 is 0 Å². The van der Waals surface area contributed by atoms with Crippen LogP contribution in [0.3, 0.4) is 0 Å². The summed E-state index contributed by atoms with van der Waals surface area (Å²) in [6, 6.07) is 7.19. The molecule has 0 aliphatic carbocycles. The Morgan fingerprint density at radius 1 is 0.973 bits per heavy atom. The molecule has 37 heavy (non-hydrogen) atoms. The van der Waals surface area contributed by atoms with E-state index in [9.17, 15) is 0 Å². The first-order chi connectivity index (χ1) is 18.1. The molecule has 3 aromatic rings. The fraction of sp³-hybridized carbons (Fsp3) is 0.462. The molecule has 5 rings (SSSR count). The number of hydrogen-bond acceptors (Lipinski definition) is 9. The van der Waals surface area contributed by atoms with E-state index in [4.69, 9.17) is 46.9 Å². The van der Waals surface area contributed by atoms with E-state index in [2.05, 4.69) is 20.2 Å². The molecule has 0 spiro atoms. The van der Waals surface area contributed by atoms with Crippen LogP contribution in [-0.2, 0) is 9.47 Å². The van der Waals surface area contributed by atoms with Crippen molar-refractivity contribution in [3.05, 3.63) is 40.6 Å². The number of hydrogen-bond donors (Lipinski definition) is 1. The van der Waals surface area contributed by atoms with E-state index in [0.29, 0.717) is 64.1 Å². The van der Waals surface area contributed by atoms with Gasteiger partial charge in [-0.3, -0.25) is 4.90 Å². The molecule has 2 saturated heterocycles. The maximum absolute atomic E-state index is 6.49. The summed E-state index contributed by atoms with van der Waals surface area (Å²) >= 11 is 12.7. The lowest BCUT2D eigenvalue weighted by Gasteiger charge is -2.26. The van der Waals surface area contributed by atoms with Crippen LogP contribution < -0.4 is 19.5 Å². The van der Waals surface area contributed by atoms with E-state index in [1.54, 1.807) is 19.2 Å². The summed E-state index contributed by atoms with van der Waals surface area (Å²) < 4.78 is 28.9. The van der Waals surface area contributed by atoms with Crippen LogP contribution in [0.4, 0.5) is 11.5 Å². The average Bonchev–Trinajstić information content (AvgIpc) is 2.91. The Labute approximate surface area is 225 Å². The zero-order valence-corrected chi connectivity index (χ0v) is 22.2. The molecule has 3 heterocycles. The molecule has 1 N–H and O–H groups in total. The normalized spacial score (nSPS) is 17.1. The van der Waals surface area contributed by atoms with Crippen LogP contribution in [-0.4, -0.2) is 80.8 Å². The third-order valence-corrected chi connectivity index (χ3v) is 7.02. The van der Waals surface area contributed by atoms with Gasteiger partial charge in [0.25, 0.3) is 0 Å². The van der Waals surface area contributed by atoms with Crippen molar-refractivity contribution in [2.75, 3.05) is 65.1 Å². The van der Waals surface area contributed by atoms with E-state index in [-0.39, 0.29) is 6.10 Å². The van der Waals surface area contributed by atoms with Crippen LogP contribution in [0, 0.1) is 0 Å². The van der Waals surface area contributed by atoms with Crippen molar-refractivity contribution in [3.63, 3.8) is 0 Å². The van der Waals surface area contributed by atoms with E-state index in [0.717, 1.165) is 51.1 Å². The van der Waals surface area contributed by atoms with Crippen molar-refractivity contribution in [2.24, 2.45) is 0 Å². The first-order valence-corrected chi connectivity index (χ1v) is 13.1. The highest BCUT2D eigenvalue weighted by molar-refractivity contribution is 6.37. The molecule has 0 radical (unpaired) electrons. The lowest BCUT2D eigenvalue weighted by Crippen LogP contribution is -2.38. The molecule has 9 nitrogen and oxygen atoms in total. The molecule has 2 aliphatic rings. The number of aromatic nitrogens is 2. The van der Waals surface area contributed by atoms with Gasteiger partial charge < -0.3 is 29.0 Å². The Kier molecular flexibility index (Phi) is 8.68. The van der Waals surface area contributed by atoms with Crippen molar-refractivity contribution < 1.29 is 23.7 Å². The molecule has 0 unspecified atom stereocenters. The minimum absolute atomic E-state index is 0.0211. The van der Waals surface area contributed by atoms with Gasteiger partial charge in [0.15, 0.2) is 0 Å². The first kappa shape index (κ1) is 26.1. The second-order valence-corrected chi connectivity index (χ2v) is 9.68. The minimum Gasteiger partial charge on any atom is -0.495 e. The summed E-state index contributed by atoms with van der Waals surface area (Å²) in [5.41, 5.74) is 1.30. The van der Waals surface area contributed by atoms with Crippen molar-refractivity contribution in [3.8, 4) is 17.2 Å². The largest absolute Gasteiger partial charge is 0.495 e. The summed E-state index contributed by atoms with van der Waals surface area (Å²) in [5, 5.41) is 4.91. The van der Waals surface area contributed by atoms with Gasteiger partial charge in [0.2, 0.25) is 0 Å². The smallest absolute Gasteiger partial charge is 0.145 e. The van der Waals surface area contributed by atoms with Crippen molar-refractivity contribution in [1.29, 1.82) is 0 Å². The molecule has 1 aromatic heterocycles. The monoisotopic (exact) mass is 548 g/mol. The second kappa shape index (κ2) is 12.3. The average molecular weight is 549 g/mol. The number of ether oxygens (including phenoxy) is 5. The quantitative estimate of drug-likeness (QED) is 0.398. The van der Waals surface area contributed by atoms with Crippen LogP contribution in [0.5, 0.6) is 17.2 Å². The molecule has 0 atom stereocenters. The van der Waals surface area contributed by atoms with Gasteiger partial charge >= 0.3 is 0 Å². The number of morpholine rings is 1. The molecule has 2 fully saturated rings. The van der Waals surface area contributed by atoms with Gasteiger partial charge in [-0.05, 0) is 6.07 Å². The van der Waals surface area contributed by atoms with Crippen LogP contribution in [0.2, 0.25) is 10.0 Å². The van der Waals surface area contributed by atoms with Gasteiger partial charge in [0, 0.05) is 50.7 Å². The summed E-state index contributed by atoms with van der Waals surface area (Å²) in [6.45, 7) is 6.06. The SMILES string of the molecule is COc1cc(Nc2ncnc3cc(OCCN4CCOCC4)cc(OC4CCOCC4)c23)c(Cl)cc1Cl. The highest BCUT2D eigenvalue weighted by Gasteiger charge is 2.21. The molecular weight excluding hydrogens is 519 g/mol. The minimum atomic E-state index is 0.0211. The summed E-state index contributed by atoms with van der Waals surface area (Å²) in [7, 11) is 1.55. The van der Waals surface area contributed by atoms with E-state index in [1.165, 1.54) is 6.33 Å². The zero-order valence-electron chi connectivity index (χ0n) is 20.7. The molecule has 198 valence electrons. The molecule has 11 heteroatoms. The molecular formula is C26H30Cl2N4O5. The number of benzene rings is 2. The van der Waals surface area contributed by atoms with Gasteiger partial charge in [0.05, 0.1) is 60.2 Å². The molecule has 2 aromatic carbocycles. The van der Waals surface area contributed by atoms with E-state index < -0.39 is 0 Å². The Balaban J connectivity index is 1.45. The van der Waals surface area contributed by atoms with Crippen molar-refractivity contribution in [2.45, 2.75) is 18.9 Å². The van der Waals surface area contributed by atoms with Gasteiger partial charge in [0.1, 0.15) is 42.1 Å². The second-order valence-electron chi connectivity index (χ2n) is 8.86. The third-order valence-electron chi connectivity index (χ3n) is 6.41. The highest BCUT2D eigenvalue weighted by Crippen LogP contribution is 2.40. The van der Waals surface area contributed by atoms with Crippen LogP contribution in [0.25, 0.3) is 10.9 Å². The van der Waals surface area contributed by atoms with Gasteiger partial charge in [-0.15, -0.1) is 0 Å². The zero-order chi connectivity index (χ0) is 25.6. The van der Waals surface area contributed by atoms with Gasteiger partial charge in [-0.2, -0.15) is 0 Å². The van der Waals surface area contributed by atoms with Crippen LogP contribution in [0.15, 0.2) is 30.6 Å². The number of fused-ring (bicyclic) bond motifs is 1. The highest BCUT2D eigenvalue weighted by atomic mass is 35.5. The van der Waals surface area contributed by atoms with Gasteiger partial charge in [-0.25, -0.2) is 9.97 Å². The maximum atomic E-state index is 6.49. The summed E-state index contributed by atoms with van der Waals surface area (Å²) in [5.74, 6) is 2.39. The van der Waals surface area contributed by atoms with Crippen molar-refractivity contribution >= 4 is 45.6 Å². The van der Waals surface area contributed by atoms with Crippen molar-refractivity contribution in [1.82, 2.24) is 14.9 Å². The fourth-order valence-electron chi connectivity index (χ4n) is 4.40. The Hall–Kier alpha value is -2.56. The Morgan fingerprint density at radius 3 is 2.54 bits per heavy atom. The number of nitrogens with zero attached hydrogens (tertiary/aromatic N) is 3. The van der Waals surface area contributed by atoms with Gasteiger partial charge in [-0.1, -0.05) is 23.2 Å². The lowest BCUT2D eigenvalue weighted by atomic mass is 10.1. The number of methoxy groups -OCH3 is 1. The molecule has 2 aliphatic heterocycles. The molecule has 0 saturated carbocycles. The van der Waals surface area contributed by atoms with Crippen LogP contribution in [0.1, 0.15) is 12.8 Å². The summed E-state index contributed by atoms with van der Waals surface area (Å²) in [4.78, 5) is 11.4. The Bertz CT molecular complexity index is 1220. The predicted molar refractivity (Wildman–Crippen MR) is 143 cm³/mol. The molecule has 0 bridgehead atoms.